The number of methoxy groups -OCH3 is 1. The van der Waals surface area contributed by atoms with E-state index in [9.17, 15) is 9.59 Å². The molecule has 16 heavy (non-hydrogen) atoms. The SMILES string of the molecule is C=CCCC(=O)N1CCC(C(=O)OC)CC1. The highest BCUT2D eigenvalue weighted by atomic mass is 16.5. The number of likely N-dealkylation sites (tertiary alicyclic amines) is 1. The molecule has 90 valence electrons. The van der Waals surface area contributed by atoms with Gasteiger partial charge in [-0.25, -0.2) is 0 Å². The zero-order valence-electron chi connectivity index (χ0n) is 9.78. The topological polar surface area (TPSA) is 46.6 Å². The lowest BCUT2D eigenvalue weighted by atomic mass is 9.97. The number of piperidine rings is 1. The molecule has 0 aromatic heterocycles. The number of amides is 1. The van der Waals surface area contributed by atoms with Crippen molar-refractivity contribution in [3.63, 3.8) is 0 Å². The highest BCUT2D eigenvalue weighted by molar-refractivity contribution is 5.77. The van der Waals surface area contributed by atoms with Gasteiger partial charge in [0.2, 0.25) is 5.91 Å². The molecule has 0 atom stereocenters. The number of rotatable bonds is 4. The van der Waals surface area contributed by atoms with Gasteiger partial charge in [0.05, 0.1) is 13.0 Å². The lowest BCUT2D eigenvalue weighted by Gasteiger charge is -2.30. The van der Waals surface area contributed by atoms with Gasteiger partial charge in [-0.05, 0) is 19.3 Å². The maximum atomic E-state index is 11.7. The lowest BCUT2D eigenvalue weighted by molar-refractivity contribution is -0.148. The van der Waals surface area contributed by atoms with E-state index >= 15 is 0 Å². The molecule has 0 N–H and O–H groups in total. The predicted octanol–water partition coefficient (Wildman–Crippen LogP) is 1.36. The second-order valence-corrected chi connectivity index (χ2v) is 4.01. The van der Waals surface area contributed by atoms with E-state index in [2.05, 4.69) is 6.58 Å². The molecule has 0 radical (unpaired) electrons. The van der Waals surface area contributed by atoms with Crippen LogP contribution in [0.4, 0.5) is 0 Å². The molecule has 0 spiro atoms. The Morgan fingerprint density at radius 3 is 2.56 bits per heavy atom. The third-order valence-electron chi connectivity index (χ3n) is 2.94. The Bertz CT molecular complexity index is 267. The molecule has 1 amide bonds. The second-order valence-electron chi connectivity index (χ2n) is 4.01. The Morgan fingerprint density at radius 1 is 1.44 bits per heavy atom. The number of ether oxygens (including phenoxy) is 1. The van der Waals surface area contributed by atoms with Gasteiger partial charge in [0, 0.05) is 19.5 Å². The van der Waals surface area contributed by atoms with Gasteiger partial charge < -0.3 is 9.64 Å². The van der Waals surface area contributed by atoms with Gasteiger partial charge in [0.1, 0.15) is 0 Å². The van der Waals surface area contributed by atoms with Crippen LogP contribution in [0.3, 0.4) is 0 Å². The number of allylic oxidation sites excluding steroid dienone is 1. The van der Waals surface area contributed by atoms with Crippen molar-refractivity contribution < 1.29 is 14.3 Å². The van der Waals surface area contributed by atoms with Crippen LogP contribution >= 0.6 is 0 Å². The maximum Gasteiger partial charge on any atom is 0.308 e. The minimum atomic E-state index is -0.154. The van der Waals surface area contributed by atoms with Crippen LogP contribution in [-0.4, -0.2) is 37.0 Å². The molecule has 1 fully saturated rings. The van der Waals surface area contributed by atoms with Gasteiger partial charge in [0.15, 0.2) is 0 Å². The number of hydrogen-bond acceptors (Lipinski definition) is 3. The zero-order valence-corrected chi connectivity index (χ0v) is 9.78. The van der Waals surface area contributed by atoms with E-state index in [1.165, 1.54) is 7.11 Å². The zero-order chi connectivity index (χ0) is 12.0. The fourth-order valence-electron chi connectivity index (χ4n) is 1.91. The van der Waals surface area contributed by atoms with Gasteiger partial charge >= 0.3 is 5.97 Å². The molecule has 0 aromatic rings. The van der Waals surface area contributed by atoms with Crippen LogP contribution < -0.4 is 0 Å². The summed E-state index contributed by atoms with van der Waals surface area (Å²) < 4.78 is 4.69. The molecule has 4 nitrogen and oxygen atoms in total. The van der Waals surface area contributed by atoms with Crippen molar-refractivity contribution in [2.45, 2.75) is 25.7 Å². The molecule has 0 bridgehead atoms. The summed E-state index contributed by atoms with van der Waals surface area (Å²) in [5.74, 6) is -0.0325. The minimum Gasteiger partial charge on any atom is -0.469 e. The first-order chi connectivity index (χ1) is 7.69. The van der Waals surface area contributed by atoms with Gasteiger partial charge in [-0.3, -0.25) is 9.59 Å². The van der Waals surface area contributed by atoms with Crippen molar-refractivity contribution in [1.82, 2.24) is 4.90 Å². The second kappa shape index (κ2) is 6.30. The van der Waals surface area contributed by atoms with E-state index in [0.29, 0.717) is 32.4 Å². The first kappa shape index (κ1) is 12.7. The van der Waals surface area contributed by atoms with Crippen molar-refractivity contribution in [2.75, 3.05) is 20.2 Å². The van der Waals surface area contributed by atoms with E-state index in [1.807, 2.05) is 4.90 Å². The van der Waals surface area contributed by atoms with Gasteiger partial charge in [-0.1, -0.05) is 6.08 Å². The smallest absolute Gasteiger partial charge is 0.308 e. The van der Waals surface area contributed by atoms with Crippen molar-refractivity contribution in [1.29, 1.82) is 0 Å². The van der Waals surface area contributed by atoms with E-state index in [0.717, 1.165) is 6.42 Å². The molecule has 4 heteroatoms. The van der Waals surface area contributed by atoms with Crippen LogP contribution in [0.15, 0.2) is 12.7 Å². The highest BCUT2D eigenvalue weighted by Crippen LogP contribution is 2.19. The van der Waals surface area contributed by atoms with Crippen LogP contribution in [0.2, 0.25) is 0 Å². The summed E-state index contributed by atoms with van der Waals surface area (Å²) in [4.78, 5) is 24.8. The van der Waals surface area contributed by atoms with Crippen molar-refractivity contribution in [3.05, 3.63) is 12.7 Å². The summed E-state index contributed by atoms with van der Waals surface area (Å²) in [5.41, 5.74) is 0. The van der Waals surface area contributed by atoms with Crippen LogP contribution in [0, 0.1) is 5.92 Å². The van der Waals surface area contributed by atoms with E-state index in [-0.39, 0.29) is 17.8 Å². The van der Waals surface area contributed by atoms with Gasteiger partial charge in [0.25, 0.3) is 0 Å². The Kier molecular flexibility index (Phi) is 5.02. The number of hydrogen-bond donors (Lipinski definition) is 0. The number of nitrogens with zero attached hydrogens (tertiary/aromatic N) is 1. The fraction of sp³-hybridized carbons (Fsp3) is 0.667. The molecule has 1 heterocycles. The summed E-state index contributed by atoms with van der Waals surface area (Å²) in [7, 11) is 1.41. The standard InChI is InChI=1S/C12H19NO3/c1-3-4-5-11(14)13-8-6-10(7-9-13)12(15)16-2/h3,10H,1,4-9H2,2H3. The summed E-state index contributed by atoms with van der Waals surface area (Å²) >= 11 is 0. The average Bonchev–Trinajstić information content (AvgIpc) is 2.35. The molecule has 0 aliphatic carbocycles. The summed E-state index contributed by atoms with van der Waals surface area (Å²) in [6.07, 6.45) is 4.42. The van der Waals surface area contributed by atoms with Gasteiger partial charge in [-0.2, -0.15) is 0 Å². The van der Waals surface area contributed by atoms with Crippen molar-refractivity contribution in [3.8, 4) is 0 Å². The number of esters is 1. The Balaban J connectivity index is 2.33. The quantitative estimate of drug-likeness (QED) is 0.536. The largest absolute Gasteiger partial charge is 0.469 e. The summed E-state index contributed by atoms with van der Waals surface area (Å²) in [5, 5.41) is 0. The highest BCUT2D eigenvalue weighted by Gasteiger charge is 2.27. The molecule has 1 aliphatic rings. The third-order valence-corrected chi connectivity index (χ3v) is 2.94. The first-order valence-corrected chi connectivity index (χ1v) is 5.65. The van der Waals surface area contributed by atoms with Gasteiger partial charge in [-0.15, -0.1) is 6.58 Å². The summed E-state index contributed by atoms with van der Waals surface area (Å²) in [6, 6.07) is 0. The Labute approximate surface area is 96.3 Å². The molecule has 1 saturated heterocycles. The molecule has 0 saturated carbocycles. The predicted molar refractivity (Wildman–Crippen MR) is 60.8 cm³/mol. The molecule has 1 aliphatic heterocycles. The van der Waals surface area contributed by atoms with Crippen LogP contribution in [0.5, 0.6) is 0 Å². The maximum absolute atomic E-state index is 11.7. The molecule has 0 aromatic carbocycles. The van der Waals surface area contributed by atoms with E-state index in [1.54, 1.807) is 6.08 Å². The lowest BCUT2D eigenvalue weighted by Crippen LogP contribution is -2.40. The fourth-order valence-corrected chi connectivity index (χ4v) is 1.91. The number of carbonyl (C=O) groups is 2. The van der Waals surface area contributed by atoms with Crippen molar-refractivity contribution >= 4 is 11.9 Å². The van der Waals surface area contributed by atoms with Crippen LogP contribution in [0.25, 0.3) is 0 Å². The van der Waals surface area contributed by atoms with Crippen molar-refractivity contribution in [2.24, 2.45) is 5.92 Å². The number of carbonyl (C=O) groups excluding carboxylic acids is 2. The Morgan fingerprint density at radius 2 is 2.06 bits per heavy atom. The normalized spacial score (nSPS) is 16.9. The third kappa shape index (κ3) is 3.36. The molecule has 1 rings (SSSR count). The van der Waals surface area contributed by atoms with Crippen LogP contribution in [-0.2, 0) is 14.3 Å². The average molecular weight is 225 g/mol. The van der Waals surface area contributed by atoms with E-state index < -0.39 is 0 Å². The first-order valence-electron chi connectivity index (χ1n) is 5.65. The molecule has 0 unspecified atom stereocenters. The monoisotopic (exact) mass is 225 g/mol. The minimum absolute atomic E-state index is 0.0338. The molecular weight excluding hydrogens is 206 g/mol. The molecular formula is C12H19NO3. The Hall–Kier alpha value is -1.32. The van der Waals surface area contributed by atoms with E-state index in [4.69, 9.17) is 4.74 Å². The van der Waals surface area contributed by atoms with Crippen LogP contribution in [0.1, 0.15) is 25.7 Å². The summed E-state index contributed by atoms with van der Waals surface area (Å²) in [6.45, 7) is 4.92.